The molecular weight excluding hydrogens is 127 g/mol. The van der Waals surface area contributed by atoms with Crippen molar-refractivity contribution in [3.63, 3.8) is 0 Å². The van der Waals surface area contributed by atoms with Crippen molar-refractivity contribution < 1.29 is 18.7 Å². The van der Waals surface area contributed by atoms with Gasteiger partial charge >= 0.3 is 5.97 Å². The highest BCUT2D eigenvalue weighted by molar-refractivity contribution is 5.87. The molecule has 9 heavy (non-hydrogen) atoms. The molecule has 1 heterocycles. The van der Waals surface area contributed by atoms with E-state index in [0.29, 0.717) is 0 Å². The Balaban J connectivity index is 3.08. The van der Waals surface area contributed by atoms with Gasteiger partial charge in [0, 0.05) is 0 Å². The highest BCUT2D eigenvalue weighted by atomic mass is 19.1. The van der Waals surface area contributed by atoms with Gasteiger partial charge in [-0.1, -0.05) is 0 Å². The fourth-order valence-electron chi connectivity index (χ4n) is 0.434. The third-order valence-corrected chi connectivity index (χ3v) is 0.845. The molecule has 0 atom stereocenters. The Kier molecular flexibility index (Phi) is 1.22. The van der Waals surface area contributed by atoms with E-state index in [-0.39, 0.29) is 0 Å². The summed E-state index contributed by atoms with van der Waals surface area (Å²) >= 11 is 0. The lowest BCUT2D eigenvalue weighted by molar-refractivity contribution is 0.0692. The van der Waals surface area contributed by atoms with E-state index >= 15 is 0 Å². The predicted molar refractivity (Wildman–Crippen MR) is 25.6 cm³/mol. The molecule has 1 aromatic rings. The van der Waals surface area contributed by atoms with E-state index in [4.69, 9.17) is 5.11 Å². The zero-order chi connectivity index (χ0) is 6.85. The van der Waals surface area contributed by atoms with Crippen molar-refractivity contribution in [2.24, 2.45) is 0 Å². The smallest absolute Gasteiger partial charge is 0.341 e. The van der Waals surface area contributed by atoms with Gasteiger partial charge < -0.3 is 9.52 Å². The van der Waals surface area contributed by atoms with Crippen molar-refractivity contribution in [1.82, 2.24) is 0 Å². The average Bonchev–Trinajstić information content (AvgIpc) is 2.13. The predicted octanol–water partition coefficient (Wildman–Crippen LogP) is 1.12. The number of hydrogen-bond acceptors (Lipinski definition) is 2. The zero-order valence-electron chi connectivity index (χ0n) is 4.30. The Morgan fingerprint density at radius 3 is 2.56 bits per heavy atom. The van der Waals surface area contributed by atoms with E-state index in [1.165, 1.54) is 0 Å². The molecule has 0 aliphatic rings. The van der Waals surface area contributed by atoms with Crippen LogP contribution >= 0.6 is 0 Å². The van der Waals surface area contributed by atoms with Gasteiger partial charge in [0.05, 0.1) is 0 Å². The molecule has 0 aliphatic heterocycles. The van der Waals surface area contributed by atoms with Crippen LogP contribution in [0.15, 0.2) is 16.9 Å². The number of carbonyl (C=O) groups is 1. The van der Waals surface area contributed by atoms with Gasteiger partial charge in [0.2, 0.25) is 0 Å². The Morgan fingerprint density at radius 1 is 1.67 bits per heavy atom. The van der Waals surface area contributed by atoms with Crippen LogP contribution in [-0.4, -0.2) is 11.1 Å². The topological polar surface area (TPSA) is 50.4 Å². The number of aromatic carboxylic acids is 1. The normalized spacial score (nSPS) is 9.44. The lowest BCUT2D eigenvalue weighted by Gasteiger charge is -1.81. The second kappa shape index (κ2) is 1.89. The third-order valence-electron chi connectivity index (χ3n) is 0.845. The molecule has 0 bridgehead atoms. The van der Waals surface area contributed by atoms with Crippen LogP contribution in [0.3, 0.4) is 0 Å². The molecule has 3 nitrogen and oxygen atoms in total. The first-order chi connectivity index (χ1) is 4.22. The van der Waals surface area contributed by atoms with Crippen LogP contribution in [0.5, 0.6) is 0 Å². The van der Waals surface area contributed by atoms with Gasteiger partial charge in [-0.15, -0.1) is 0 Å². The summed E-state index contributed by atoms with van der Waals surface area (Å²) in [5.74, 6) is -2.16. The number of furan rings is 1. The number of rotatable bonds is 1. The van der Waals surface area contributed by atoms with Gasteiger partial charge in [-0.25, -0.2) is 9.18 Å². The molecule has 0 unspecified atom stereocenters. The van der Waals surface area contributed by atoms with Crippen molar-refractivity contribution in [3.05, 3.63) is 23.9 Å². The van der Waals surface area contributed by atoms with Gasteiger partial charge in [-0.3, -0.25) is 0 Å². The van der Waals surface area contributed by atoms with Crippen LogP contribution in [0.4, 0.5) is 4.39 Å². The fraction of sp³-hybridized carbons (Fsp3) is 0. The number of carboxylic acid groups (broad SMARTS) is 1. The van der Waals surface area contributed by atoms with E-state index in [0.717, 1.165) is 12.5 Å². The monoisotopic (exact) mass is 130 g/mol. The molecule has 0 aromatic carbocycles. The van der Waals surface area contributed by atoms with E-state index in [9.17, 15) is 9.18 Å². The molecular formula is C5H3FO3. The summed E-state index contributed by atoms with van der Waals surface area (Å²) in [6, 6.07) is 0. The lowest BCUT2D eigenvalue weighted by Crippen LogP contribution is -1.95. The highest BCUT2D eigenvalue weighted by Crippen LogP contribution is 2.06. The van der Waals surface area contributed by atoms with E-state index < -0.39 is 17.3 Å². The molecule has 0 saturated heterocycles. The summed E-state index contributed by atoms with van der Waals surface area (Å²) in [5, 5.41) is 8.15. The first-order valence-electron chi connectivity index (χ1n) is 2.17. The Labute approximate surface area is 49.7 Å². The summed E-state index contributed by atoms with van der Waals surface area (Å²) in [4.78, 5) is 9.98. The van der Waals surface area contributed by atoms with E-state index in [2.05, 4.69) is 4.42 Å². The summed E-state index contributed by atoms with van der Waals surface area (Å²) in [7, 11) is 0. The average molecular weight is 130 g/mol. The van der Waals surface area contributed by atoms with Crippen molar-refractivity contribution in [1.29, 1.82) is 0 Å². The van der Waals surface area contributed by atoms with Gasteiger partial charge in [-0.05, 0) is 0 Å². The quantitative estimate of drug-likeness (QED) is 0.619. The van der Waals surface area contributed by atoms with E-state index in [1.807, 2.05) is 0 Å². The maximum atomic E-state index is 12.1. The molecule has 0 saturated carbocycles. The van der Waals surface area contributed by atoms with Crippen LogP contribution in [0, 0.1) is 5.82 Å². The Morgan fingerprint density at radius 2 is 2.33 bits per heavy atom. The second-order valence-corrected chi connectivity index (χ2v) is 1.44. The first-order valence-corrected chi connectivity index (χ1v) is 2.17. The molecule has 48 valence electrons. The SMILES string of the molecule is O=C(O)c1cocc1F. The number of halogens is 1. The lowest BCUT2D eigenvalue weighted by atomic mass is 10.3. The van der Waals surface area contributed by atoms with Crippen LogP contribution < -0.4 is 0 Å². The molecule has 0 aliphatic carbocycles. The van der Waals surface area contributed by atoms with Crippen molar-refractivity contribution >= 4 is 5.97 Å². The van der Waals surface area contributed by atoms with Crippen molar-refractivity contribution in [2.75, 3.05) is 0 Å². The summed E-state index contributed by atoms with van der Waals surface area (Å²) in [6.45, 7) is 0. The number of carboxylic acids is 1. The molecule has 1 aromatic heterocycles. The highest BCUT2D eigenvalue weighted by Gasteiger charge is 2.10. The van der Waals surface area contributed by atoms with Crippen LogP contribution in [0.1, 0.15) is 10.4 Å². The fourth-order valence-corrected chi connectivity index (χ4v) is 0.434. The summed E-state index contributed by atoms with van der Waals surface area (Å²) in [5.41, 5.74) is -0.435. The van der Waals surface area contributed by atoms with Gasteiger partial charge in [0.25, 0.3) is 0 Å². The Hall–Kier alpha value is -1.32. The first kappa shape index (κ1) is 5.81. The maximum absolute atomic E-state index is 12.1. The van der Waals surface area contributed by atoms with Gasteiger partial charge in [0.1, 0.15) is 18.1 Å². The van der Waals surface area contributed by atoms with Crippen molar-refractivity contribution in [2.45, 2.75) is 0 Å². The van der Waals surface area contributed by atoms with Gasteiger partial charge in [-0.2, -0.15) is 0 Å². The number of hydrogen-bond donors (Lipinski definition) is 1. The molecule has 0 fully saturated rings. The molecule has 0 radical (unpaired) electrons. The minimum atomic E-state index is -1.32. The minimum Gasteiger partial charge on any atom is -0.477 e. The maximum Gasteiger partial charge on any atom is 0.341 e. The second-order valence-electron chi connectivity index (χ2n) is 1.44. The molecule has 1 N–H and O–H groups in total. The summed E-state index contributed by atoms with van der Waals surface area (Å²) in [6.07, 6.45) is 1.58. The van der Waals surface area contributed by atoms with Crippen molar-refractivity contribution in [3.8, 4) is 0 Å². The third kappa shape index (κ3) is 0.910. The standard InChI is InChI=1S/C5H3FO3/c6-4-2-9-1-3(4)5(7)8/h1-2H,(H,7,8). The largest absolute Gasteiger partial charge is 0.477 e. The molecule has 0 amide bonds. The van der Waals surface area contributed by atoms with Crippen LogP contribution in [0.2, 0.25) is 0 Å². The van der Waals surface area contributed by atoms with E-state index in [1.54, 1.807) is 0 Å². The summed E-state index contributed by atoms with van der Waals surface area (Å²) < 4.78 is 16.4. The Bertz CT molecular complexity index is 228. The molecule has 1 rings (SSSR count). The molecule has 4 heteroatoms. The molecule has 0 spiro atoms. The van der Waals surface area contributed by atoms with Gasteiger partial charge in [0.15, 0.2) is 5.82 Å². The zero-order valence-corrected chi connectivity index (χ0v) is 4.30. The van der Waals surface area contributed by atoms with Crippen LogP contribution in [-0.2, 0) is 0 Å². The van der Waals surface area contributed by atoms with Crippen LogP contribution in [0.25, 0.3) is 0 Å². The minimum absolute atomic E-state index is 0.435.